The normalized spacial score (nSPS) is 11.9. The summed E-state index contributed by atoms with van der Waals surface area (Å²) in [5.74, 6) is 0. The first-order valence-corrected chi connectivity index (χ1v) is 46.8. The molecule has 0 saturated heterocycles. The zero-order valence-corrected chi connectivity index (χ0v) is 72.9. The molecule has 6 nitrogen and oxygen atoms in total. The maximum Gasteiger partial charge on any atom is 2.00 e. The van der Waals surface area contributed by atoms with E-state index in [1.165, 1.54) is 384 Å². The number of rotatable bonds is 70. The molecule has 9 heteroatoms. The van der Waals surface area contributed by atoms with Crippen molar-refractivity contribution in [2.24, 2.45) is 0 Å². The van der Waals surface area contributed by atoms with E-state index in [9.17, 15) is 25.9 Å². The Bertz CT molecular complexity index is 2570. The summed E-state index contributed by atoms with van der Waals surface area (Å²) in [7, 11) is -9.01. The van der Waals surface area contributed by atoms with Gasteiger partial charge in [-0.15, -0.1) is 0 Å². The first-order valence-electron chi connectivity index (χ1n) is 44.0. The molecule has 0 N–H and O–H groups in total. The van der Waals surface area contributed by atoms with Crippen LogP contribution in [0.25, 0.3) is 21.5 Å². The smallest absolute Gasteiger partial charge is 0.744 e. The van der Waals surface area contributed by atoms with Crippen molar-refractivity contribution in [2.45, 2.75) is 474 Å². The van der Waals surface area contributed by atoms with E-state index >= 15 is 0 Å². The molecular formula is C92H158BaO6S2. The van der Waals surface area contributed by atoms with Gasteiger partial charge in [-0.25, -0.2) is 16.8 Å². The number of benzene rings is 4. The number of hydrogen-bond donors (Lipinski definition) is 0. The van der Waals surface area contributed by atoms with Gasteiger partial charge in [0.15, 0.2) is 0 Å². The summed E-state index contributed by atoms with van der Waals surface area (Å²) < 4.78 is 73.4. The first-order chi connectivity index (χ1) is 49.0. The van der Waals surface area contributed by atoms with Crippen LogP contribution in [0.1, 0.15) is 461 Å². The van der Waals surface area contributed by atoms with E-state index < -0.39 is 20.2 Å². The predicted octanol–water partition coefficient (Wildman–Crippen LogP) is 30.3. The Morgan fingerprint density at radius 1 is 0.208 bits per heavy atom. The van der Waals surface area contributed by atoms with Crippen LogP contribution in [-0.2, 0) is 45.9 Å². The first kappa shape index (κ1) is 95.9. The maximum absolute atomic E-state index is 12.2. The van der Waals surface area contributed by atoms with Crippen molar-refractivity contribution < 1.29 is 25.9 Å². The van der Waals surface area contributed by atoms with Crippen LogP contribution in [0.3, 0.4) is 0 Å². The second-order valence-electron chi connectivity index (χ2n) is 31.2. The van der Waals surface area contributed by atoms with Crippen molar-refractivity contribution in [1.82, 2.24) is 0 Å². The molecule has 0 aliphatic rings. The van der Waals surface area contributed by atoms with Crippen LogP contribution in [0.5, 0.6) is 0 Å². The maximum atomic E-state index is 12.2. The molecule has 0 atom stereocenters. The van der Waals surface area contributed by atoms with Crippen molar-refractivity contribution in [3.05, 3.63) is 82.9 Å². The molecule has 0 heterocycles. The van der Waals surface area contributed by atoms with Gasteiger partial charge in [-0.2, -0.15) is 0 Å². The Kier molecular flexibility index (Phi) is 63.5. The molecule has 0 fully saturated rings. The van der Waals surface area contributed by atoms with Crippen LogP contribution in [0.4, 0.5) is 0 Å². The Morgan fingerprint density at radius 2 is 0.376 bits per heavy atom. The van der Waals surface area contributed by atoms with Crippen LogP contribution < -0.4 is 0 Å². The molecule has 0 radical (unpaired) electrons. The Morgan fingerprint density at radius 3 is 0.554 bits per heavy atom. The van der Waals surface area contributed by atoms with Crippen molar-refractivity contribution >= 4 is 90.7 Å². The summed E-state index contributed by atoms with van der Waals surface area (Å²) >= 11 is 0. The Hall–Kier alpha value is -1.21. The van der Waals surface area contributed by atoms with Gasteiger partial charge in [-0.3, -0.25) is 0 Å². The number of aryl methyl sites for hydroxylation is 4. The summed E-state index contributed by atoms with van der Waals surface area (Å²) in [6.07, 6.45) is 89.2. The number of fused-ring (bicyclic) bond motifs is 2. The molecule has 4 aromatic rings. The van der Waals surface area contributed by atoms with Gasteiger partial charge in [-0.05, 0) is 107 Å². The van der Waals surface area contributed by atoms with Crippen molar-refractivity contribution in [2.75, 3.05) is 0 Å². The molecule has 0 aromatic heterocycles. The van der Waals surface area contributed by atoms with Gasteiger partial charge in [0.2, 0.25) is 0 Å². The van der Waals surface area contributed by atoms with Gasteiger partial charge in [0.1, 0.15) is 20.2 Å². The van der Waals surface area contributed by atoms with E-state index in [0.29, 0.717) is 12.8 Å². The molecule has 0 amide bonds. The Labute approximate surface area is 667 Å². The molecule has 0 saturated carbocycles. The van der Waals surface area contributed by atoms with E-state index in [1.54, 1.807) is 12.1 Å². The summed E-state index contributed by atoms with van der Waals surface area (Å²) in [5, 5.41) is 4.20. The monoisotopic (exact) mass is 1560 g/mol. The molecule has 4 aromatic carbocycles. The fourth-order valence-electron chi connectivity index (χ4n) is 15.8. The summed E-state index contributed by atoms with van der Waals surface area (Å²) in [6.45, 7) is 9.13. The van der Waals surface area contributed by atoms with Crippen LogP contribution in [0, 0.1) is 0 Å². The second kappa shape index (κ2) is 67.0. The van der Waals surface area contributed by atoms with Crippen LogP contribution in [-0.4, -0.2) is 74.8 Å². The van der Waals surface area contributed by atoms with E-state index in [1.807, 2.05) is 24.3 Å². The molecule has 0 spiro atoms. The molecule has 4 rings (SSSR count). The zero-order valence-electron chi connectivity index (χ0n) is 66.8. The SMILES string of the molecule is CCCCCCCCCCCCCCCCCCc1cccc2c(CCCCCCCCCCCCCCCCCC)c(S(=O)(=O)[O-])ccc12.CCCCCCCCCCCCCCCCCCc1cccc2c(CCCCCCCCCCCCCCCCCC)c(S(=O)(=O)[O-])ccc12.[Ba+2]. The minimum atomic E-state index is -4.50. The van der Waals surface area contributed by atoms with Crippen LogP contribution in [0.2, 0.25) is 0 Å². The van der Waals surface area contributed by atoms with E-state index in [2.05, 4.69) is 52.0 Å². The average molecular weight is 1560 g/mol. The molecule has 0 unspecified atom stereocenters. The van der Waals surface area contributed by atoms with Gasteiger partial charge in [0, 0.05) is 0 Å². The minimum Gasteiger partial charge on any atom is -0.744 e. The fraction of sp³-hybridized carbons (Fsp3) is 0.783. The van der Waals surface area contributed by atoms with Crippen molar-refractivity contribution in [3.63, 3.8) is 0 Å². The Balaban J connectivity index is 0.000000680. The minimum absolute atomic E-state index is 0. The van der Waals surface area contributed by atoms with E-state index in [4.69, 9.17) is 0 Å². The molecule has 576 valence electrons. The number of unbranched alkanes of at least 4 members (excludes halogenated alkanes) is 60. The largest absolute Gasteiger partial charge is 2.00 e. The van der Waals surface area contributed by atoms with E-state index in [-0.39, 0.29) is 58.7 Å². The van der Waals surface area contributed by atoms with Gasteiger partial charge < -0.3 is 9.11 Å². The summed E-state index contributed by atoms with van der Waals surface area (Å²) in [6, 6.07) is 19.5. The average Bonchev–Trinajstić information content (AvgIpc) is 0.784. The third-order valence-electron chi connectivity index (χ3n) is 22.1. The third-order valence-corrected chi connectivity index (χ3v) is 24.0. The van der Waals surface area contributed by atoms with Crippen molar-refractivity contribution in [3.8, 4) is 0 Å². The summed E-state index contributed by atoms with van der Waals surface area (Å²) in [4.78, 5) is -0.0176. The zero-order chi connectivity index (χ0) is 71.9. The van der Waals surface area contributed by atoms with Crippen LogP contribution >= 0.6 is 0 Å². The number of hydrogen-bond acceptors (Lipinski definition) is 6. The fourth-order valence-corrected chi connectivity index (χ4v) is 17.3. The second-order valence-corrected chi connectivity index (χ2v) is 33.9. The molecular weight excluding hydrogens is 1400 g/mol. The van der Waals surface area contributed by atoms with E-state index in [0.717, 1.165) is 84.0 Å². The topological polar surface area (TPSA) is 114 Å². The predicted molar refractivity (Wildman–Crippen MR) is 443 cm³/mol. The van der Waals surface area contributed by atoms with Gasteiger partial charge in [-0.1, -0.05) is 461 Å². The standard InChI is InChI=1S/2C46H80O3S.Ba/c2*1-3-5-7-9-11-13-15-17-19-21-23-25-27-29-31-33-36-42-37-35-39-44-43(42)40-41-46(50(47,48)49)45(44)38-34-32-30-28-26-24-22-20-18-16-14-12-10-8-6-4-2;/h2*35,37,39-41H,3-34,36,38H2,1-2H3,(H,47,48,49);/q;;+2/p-2. The quantitative estimate of drug-likeness (QED) is 0.0247. The third kappa shape index (κ3) is 49.5. The molecule has 0 aliphatic carbocycles. The van der Waals surface area contributed by atoms with Gasteiger partial charge in [0.25, 0.3) is 0 Å². The molecule has 0 bridgehead atoms. The van der Waals surface area contributed by atoms with Crippen molar-refractivity contribution in [1.29, 1.82) is 0 Å². The van der Waals surface area contributed by atoms with Gasteiger partial charge in [0.05, 0.1) is 9.79 Å². The molecule has 0 aliphatic heterocycles. The van der Waals surface area contributed by atoms with Gasteiger partial charge >= 0.3 is 48.9 Å². The van der Waals surface area contributed by atoms with Crippen LogP contribution in [0.15, 0.2) is 70.5 Å². The molecule has 101 heavy (non-hydrogen) atoms. The summed E-state index contributed by atoms with van der Waals surface area (Å²) in [5.41, 5.74) is 4.07.